The Kier molecular flexibility index (Phi) is 6.74. The van der Waals surface area contributed by atoms with Gasteiger partial charge in [-0.25, -0.2) is 0 Å². The second-order valence-electron chi connectivity index (χ2n) is 12.5. The predicted octanol–water partition coefficient (Wildman–Crippen LogP) is 9.90. The van der Waals surface area contributed by atoms with Crippen LogP contribution in [-0.4, -0.2) is 22.8 Å². The van der Waals surface area contributed by atoms with Crippen molar-refractivity contribution in [2.75, 3.05) is 0 Å². The molecule has 202 valence electrons. The summed E-state index contributed by atoms with van der Waals surface area (Å²) in [6, 6.07) is 30.8. The fourth-order valence-electron chi connectivity index (χ4n) is 5.72. The molecule has 0 fully saturated rings. The predicted molar refractivity (Wildman–Crippen MR) is 173 cm³/mol. The number of nitrogens with zero attached hydrogens (tertiary/aromatic N) is 2. The van der Waals surface area contributed by atoms with Gasteiger partial charge in [-0.2, -0.15) is 0 Å². The average Bonchev–Trinajstić information content (AvgIpc) is 3.53. The number of benzene rings is 4. The first-order valence-electron chi connectivity index (χ1n) is 14.4. The van der Waals surface area contributed by atoms with Crippen LogP contribution < -0.4 is 4.40 Å². The van der Waals surface area contributed by atoms with E-state index in [0.717, 1.165) is 33.4 Å². The Hall–Kier alpha value is -3.57. The molecule has 6 aromatic rings. The van der Waals surface area contributed by atoms with Crippen LogP contribution >= 0.6 is 0 Å². The molecule has 6 rings (SSSR count). The van der Waals surface area contributed by atoms with Crippen molar-refractivity contribution < 1.29 is 4.42 Å². The number of hydrogen-bond acceptors (Lipinski definition) is 2. The van der Waals surface area contributed by atoms with Crippen molar-refractivity contribution >= 4 is 39.7 Å². The van der Waals surface area contributed by atoms with Crippen LogP contribution in [0.5, 0.6) is 0 Å². The summed E-state index contributed by atoms with van der Waals surface area (Å²) in [5.41, 5.74) is 10.5. The first-order valence-corrected chi connectivity index (χ1v) is 21.7. The summed E-state index contributed by atoms with van der Waals surface area (Å²) in [4.78, 5) is 5.27. The molecule has 0 radical (unpaired) electrons. The quantitative estimate of drug-likeness (QED) is 0.182. The van der Waals surface area contributed by atoms with E-state index < -0.39 is 13.3 Å². The molecule has 0 aliphatic rings. The van der Waals surface area contributed by atoms with Crippen molar-refractivity contribution in [1.29, 1.82) is 0 Å². The molecule has 0 saturated carbocycles. The number of fused-ring (bicyclic) bond motifs is 2. The van der Waals surface area contributed by atoms with Crippen molar-refractivity contribution in [3.05, 3.63) is 102 Å². The summed E-state index contributed by atoms with van der Waals surface area (Å²) in [7, 11) is 0. The fourth-order valence-corrected chi connectivity index (χ4v) is 8.15. The zero-order valence-corrected chi connectivity index (χ0v) is 26.7. The van der Waals surface area contributed by atoms with Crippen LogP contribution in [-0.2, 0) is 0 Å². The van der Waals surface area contributed by atoms with E-state index in [0.29, 0.717) is 11.8 Å². The summed E-state index contributed by atoms with van der Waals surface area (Å²) < 4.78 is 10.0. The van der Waals surface area contributed by atoms with E-state index in [1.54, 1.807) is 0 Å². The molecule has 3 nitrogen and oxygen atoms in total. The van der Waals surface area contributed by atoms with Gasteiger partial charge in [0.25, 0.3) is 0 Å². The summed E-state index contributed by atoms with van der Waals surface area (Å²) in [6.07, 6.45) is 1.91. The molecule has 0 atom stereocenters. The van der Waals surface area contributed by atoms with E-state index in [2.05, 4.69) is 134 Å². The molecule has 0 aliphatic heterocycles. The Labute approximate surface area is 240 Å². The van der Waals surface area contributed by atoms with Crippen LogP contribution in [0.1, 0.15) is 50.7 Å². The molecule has 0 unspecified atom stereocenters. The van der Waals surface area contributed by atoms with E-state index in [4.69, 9.17) is 9.40 Å². The Bertz CT molecular complexity index is 1810. The summed E-state index contributed by atoms with van der Waals surface area (Å²) in [5, 5.41) is 1.15. The summed E-state index contributed by atoms with van der Waals surface area (Å²) in [6.45, 7) is 9.19. The van der Waals surface area contributed by atoms with E-state index in [9.17, 15) is 0 Å². The molecule has 4 heteroatoms. The molecule has 2 heterocycles. The number of furan rings is 1. The average molecular weight is 587 g/mol. The first kappa shape index (κ1) is 26.6. The second-order valence-corrected chi connectivity index (χ2v) is 23.2. The second kappa shape index (κ2) is 10.1. The topological polar surface area (TPSA) is 31.0 Å². The molecule has 0 N–H and O–H groups in total. The van der Waals surface area contributed by atoms with Gasteiger partial charge in [0.2, 0.25) is 0 Å². The van der Waals surface area contributed by atoms with Crippen LogP contribution in [0.3, 0.4) is 0 Å². The van der Waals surface area contributed by atoms with Gasteiger partial charge in [0.15, 0.2) is 0 Å². The normalized spacial score (nSPS) is 12.3. The third kappa shape index (κ3) is 4.60. The molecule has 0 aliphatic carbocycles. The zero-order valence-electron chi connectivity index (χ0n) is 24.6. The van der Waals surface area contributed by atoms with Crippen molar-refractivity contribution in [1.82, 2.24) is 9.55 Å². The number of rotatable bonds is 6. The summed E-state index contributed by atoms with van der Waals surface area (Å²) in [5.74, 6) is 8.91. The molecular weight excluding hydrogens is 549 g/mol. The number of hydrogen-bond donors (Lipinski definition) is 0. The molecule has 0 spiro atoms. The van der Waals surface area contributed by atoms with E-state index >= 15 is 0 Å². The van der Waals surface area contributed by atoms with Gasteiger partial charge in [-0.15, -0.1) is 0 Å². The fraction of sp³-hybridized carbons (Fsp3) is 0.250. The Morgan fingerprint density at radius 1 is 0.725 bits per heavy atom. The van der Waals surface area contributed by atoms with Crippen molar-refractivity contribution in [3.63, 3.8) is 0 Å². The Morgan fingerprint density at radius 2 is 1.38 bits per heavy atom. The number of para-hydroxylation sites is 2. The maximum atomic E-state index is 6.16. The monoisotopic (exact) mass is 588 g/mol. The number of aromatic nitrogens is 2. The van der Waals surface area contributed by atoms with E-state index in [1.165, 1.54) is 32.3 Å². The van der Waals surface area contributed by atoms with Crippen molar-refractivity contribution in [2.24, 2.45) is 0 Å². The first-order chi connectivity index (χ1) is 19.1. The van der Waals surface area contributed by atoms with Crippen LogP contribution in [0.25, 0.3) is 50.2 Å². The molecule has 4 aromatic carbocycles. The number of imidazole rings is 1. The van der Waals surface area contributed by atoms with E-state index in [-0.39, 0.29) is 0 Å². The third-order valence-electron chi connectivity index (χ3n) is 7.98. The van der Waals surface area contributed by atoms with Crippen LogP contribution in [0.4, 0.5) is 0 Å². The maximum absolute atomic E-state index is 6.16. The van der Waals surface area contributed by atoms with Gasteiger partial charge >= 0.3 is 223 Å². The summed E-state index contributed by atoms with van der Waals surface area (Å²) >= 11 is -2.05. The van der Waals surface area contributed by atoms with Gasteiger partial charge < -0.3 is 0 Å². The van der Waals surface area contributed by atoms with Gasteiger partial charge in [-0.05, 0) is 0 Å². The van der Waals surface area contributed by atoms with Gasteiger partial charge in [-0.1, -0.05) is 18.2 Å². The molecule has 2 aromatic heterocycles. The SMILES string of the molecule is CC(C)c1cc(-c2ccccc2)cc(C(C)C)c1-n1c(-c2coc3cc[c]([Ge]([CH3])([CH3])[CH3])cc23)nc2ccccc21. The molecule has 0 saturated heterocycles. The molecule has 0 bridgehead atoms. The molecule has 40 heavy (non-hydrogen) atoms. The standard InChI is InChI=1S/C36H38GeN2O/c1-23(2)28-19-26(25-13-9-8-10-14-25)20-29(24(3)4)35(28)39-33-16-12-11-15-32(33)38-36(39)31-22-40-34-18-17-27(21-30(31)34)37(5,6)7/h8-24H,1-7H3. The third-order valence-corrected chi connectivity index (χ3v) is 12.3. The van der Waals surface area contributed by atoms with Crippen LogP contribution in [0.15, 0.2) is 95.6 Å². The van der Waals surface area contributed by atoms with Crippen molar-refractivity contribution in [3.8, 4) is 28.2 Å². The van der Waals surface area contributed by atoms with Gasteiger partial charge in [0, 0.05) is 0 Å². The van der Waals surface area contributed by atoms with Crippen molar-refractivity contribution in [2.45, 2.75) is 56.8 Å². The van der Waals surface area contributed by atoms with E-state index in [1.807, 2.05) is 6.26 Å². The minimum atomic E-state index is -2.05. The van der Waals surface area contributed by atoms with Crippen LogP contribution in [0.2, 0.25) is 17.3 Å². The molecular formula is C36H38GeN2O. The minimum absolute atomic E-state index is 0.326. The zero-order chi connectivity index (χ0) is 28.2. The van der Waals surface area contributed by atoms with Gasteiger partial charge in [-0.3, -0.25) is 0 Å². The molecule has 0 amide bonds. The Morgan fingerprint density at radius 3 is 2.02 bits per heavy atom. The van der Waals surface area contributed by atoms with Gasteiger partial charge in [0.05, 0.1) is 0 Å². The Balaban J connectivity index is 1.70. The van der Waals surface area contributed by atoms with Gasteiger partial charge in [0.1, 0.15) is 0 Å². The van der Waals surface area contributed by atoms with Crippen LogP contribution in [0, 0.1) is 0 Å².